The quantitative estimate of drug-likeness (QED) is 0.537. The Balaban J connectivity index is 2.03. The average molecular weight is 294 g/mol. The minimum atomic E-state index is -0.397. The van der Waals surface area contributed by atoms with Crippen LogP contribution in [0.15, 0.2) is 12.1 Å². The third-order valence-corrected chi connectivity index (χ3v) is 3.82. The maximum atomic E-state index is 11.0. The predicted octanol–water partition coefficient (Wildman–Crippen LogP) is 2.65. The van der Waals surface area contributed by atoms with Crippen LogP contribution in [0.4, 0.5) is 17.3 Å². The molecule has 116 valence electrons. The molecule has 2 rings (SSSR count). The fourth-order valence-corrected chi connectivity index (χ4v) is 2.27. The lowest BCUT2D eigenvalue weighted by Gasteiger charge is -2.16. The summed E-state index contributed by atoms with van der Waals surface area (Å²) in [5.74, 6) is 1.07. The maximum absolute atomic E-state index is 11.0. The van der Waals surface area contributed by atoms with Crippen LogP contribution >= 0.6 is 0 Å². The largest absolute Gasteiger partial charge is 0.385 e. The highest BCUT2D eigenvalue weighted by atomic mass is 16.6. The number of methoxy groups -OCH3 is 1. The first kappa shape index (κ1) is 15.5. The first-order valence-corrected chi connectivity index (χ1v) is 7.22. The Morgan fingerprint density at radius 1 is 1.38 bits per heavy atom. The topological polar surface area (TPSA) is 89.3 Å². The highest BCUT2D eigenvalue weighted by Gasteiger charge is 2.41. The zero-order valence-electron chi connectivity index (χ0n) is 12.5. The van der Waals surface area contributed by atoms with Crippen LogP contribution < -0.4 is 10.6 Å². The van der Waals surface area contributed by atoms with Crippen LogP contribution in [-0.2, 0) is 4.74 Å². The zero-order valence-corrected chi connectivity index (χ0v) is 12.5. The Morgan fingerprint density at radius 2 is 2.05 bits per heavy atom. The summed E-state index contributed by atoms with van der Waals surface area (Å²) in [4.78, 5) is 14.9. The molecule has 0 aromatic carbocycles. The number of anilines is 2. The highest BCUT2D eigenvalue weighted by molar-refractivity contribution is 5.54. The van der Waals surface area contributed by atoms with E-state index < -0.39 is 4.92 Å². The number of rotatable bonds is 9. The van der Waals surface area contributed by atoms with Gasteiger partial charge < -0.3 is 15.4 Å². The Labute approximate surface area is 124 Å². The molecule has 21 heavy (non-hydrogen) atoms. The molecule has 0 bridgehead atoms. The second-order valence-corrected chi connectivity index (χ2v) is 5.48. The van der Waals surface area contributed by atoms with Gasteiger partial charge in [0, 0.05) is 26.8 Å². The Morgan fingerprint density at radius 3 is 2.57 bits per heavy atom. The molecule has 1 heterocycles. The van der Waals surface area contributed by atoms with E-state index in [9.17, 15) is 10.1 Å². The van der Waals surface area contributed by atoms with Gasteiger partial charge in [0.05, 0.1) is 17.1 Å². The molecule has 0 radical (unpaired) electrons. The molecule has 1 fully saturated rings. The number of hydrogen-bond donors (Lipinski definition) is 2. The lowest BCUT2D eigenvalue weighted by molar-refractivity contribution is -0.384. The molecule has 1 aliphatic carbocycles. The molecule has 0 atom stereocenters. The maximum Gasteiger partial charge on any atom is 0.276 e. The van der Waals surface area contributed by atoms with Crippen LogP contribution in [-0.4, -0.2) is 36.7 Å². The lowest BCUT2D eigenvalue weighted by atomic mass is 10.0. The molecule has 1 saturated carbocycles. The molecule has 2 N–H and O–H groups in total. The third kappa shape index (κ3) is 4.29. The molecule has 0 saturated heterocycles. The lowest BCUT2D eigenvalue weighted by Crippen LogP contribution is -2.18. The number of nitrogens with one attached hydrogen (secondary N) is 2. The summed E-state index contributed by atoms with van der Waals surface area (Å²) in [6, 6.07) is 2.93. The fourth-order valence-electron chi connectivity index (χ4n) is 2.27. The van der Waals surface area contributed by atoms with Crippen molar-refractivity contribution in [1.82, 2.24) is 4.98 Å². The van der Waals surface area contributed by atoms with E-state index >= 15 is 0 Å². The normalized spacial score (nSPS) is 15.5. The van der Waals surface area contributed by atoms with Gasteiger partial charge in [0.1, 0.15) is 11.6 Å². The van der Waals surface area contributed by atoms with Gasteiger partial charge in [-0.2, -0.15) is 0 Å². The molecule has 0 unspecified atom stereocenters. The van der Waals surface area contributed by atoms with Gasteiger partial charge in [-0.1, -0.05) is 0 Å². The SMILES string of the molecule is CCNc1cc([N+](=O)[O-])cc(NCC2(CCOC)CC2)n1. The molecule has 0 aliphatic heterocycles. The first-order chi connectivity index (χ1) is 10.1. The molecule has 1 aliphatic rings. The van der Waals surface area contributed by atoms with Crippen LogP contribution in [0, 0.1) is 15.5 Å². The second kappa shape index (κ2) is 6.71. The monoisotopic (exact) mass is 294 g/mol. The van der Waals surface area contributed by atoms with Gasteiger partial charge in [0.2, 0.25) is 0 Å². The Kier molecular flexibility index (Phi) is 4.95. The van der Waals surface area contributed by atoms with Crippen molar-refractivity contribution in [2.24, 2.45) is 5.41 Å². The molecule has 0 amide bonds. The number of nitrogens with zero attached hydrogens (tertiary/aromatic N) is 2. The molecular weight excluding hydrogens is 272 g/mol. The number of nitro groups is 1. The average Bonchev–Trinajstić information content (AvgIpc) is 3.24. The van der Waals surface area contributed by atoms with E-state index in [0.717, 1.165) is 19.6 Å². The van der Waals surface area contributed by atoms with Crippen LogP contribution in [0.1, 0.15) is 26.2 Å². The van der Waals surface area contributed by atoms with Crippen molar-refractivity contribution in [1.29, 1.82) is 0 Å². The molecule has 1 aromatic rings. The predicted molar refractivity (Wildman–Crippen MR) is 81.7 cm³/mol. The van der Waals surface area contributed by atoms with E-state index in [1.807, 2.05) is 6.92 Å². The summed E-state index contributed by atoms with van der Waals surface area (Å²) in [7, 11) is 1.70. The van der Waals surface area contributed by atoms with E-state index in [4.69, 9.17) is 4.74 Å². The van der Waals surface area contributed by atoms with E-state index in [-0.39, 0.29) is 11.1 Å². The number of aromatic nitrogens is 1. The molecule has 7 nitrogen and oxygen atoms in total. The van der Waals surface area contributed by atoms with Crippen LogP contribution in [0.5, 0.6) is 0 Å². The minimum Gasteiger partial charge on any atom is -0.385 e. The highest BCUT2D eigenvalue weighted by Crippen LogP contribution is 2.48. The first-order valence-electron chi connectivity index (χ1n) is 7.22. The van der Waals surface area contributed by atoms with Crippen molar-refractivity contribution in [2.75, 3.05) is 37.4 Å². The molecule has 0 spiro atoms. The Hall–Kier alpha value is -1.89. The van der Waals surface area contributed by atoms with Gasteiger partial charge in [-0.05, 0) is 31.6 Å². The van der Waals surface area contributed by atoms with Crippen LogP contribution in [0.3, 0.4) is 0 Å². The second-order valence-electron chi connectivity index (χ2n) is 5.48. The van der Waals surface area contributed by atoms with Crippen molar-refractivity contribution in [3.63, 3.8) is 0 Å². The molecule has 1 aromatic heterocycles. The van der Waals surface area contributed by atoms with Crippen LogP contribution in [0.25, 0.3) is 0 Å². The van der Waals surface area contributed by atoms with E-state index in [1.165, 1.54) is 25.0 Å². The zero-order chi connectivity index (χ0) is 15.3. The van der Waals surface area contributed by atoms with Gasteiger partial charge in [-0.25, -0.2) is 4.98 Å². The van der Waals surface area contributed by atoms with Crippen molar-refractivity contribution in [3.8, 4) is 0 Å². The Bertz CT molecular complexity index is 503. The van der Waals surface area contributed by atoms with E-state index in [1.54, 1.807) is 7.11 Å². The minimum absolute atomic E-state index is 0.0465. The van der Waals surface area contributed by atoms with Crippen molar-refractivity contribution < 1.29 is 9.66 Å². The van der Waals surface area contributed by atoms with Gasteiger partial charge in [0.25, 0.3) is 5.69 Å². The summed E-state index contributed by atoms with van der Waals surface area (Å²) in [5, 5.41) is 17.2. The summed E-state index contributed by atoms with van der Waals surface area (Å²) in [6.45, 7) is 4.12. The van der Waals surface area contributed by atoms with E-state index in [0.29, 0.717) is 18.2 Å². The van der Waals surface area contributed by atoms with Gasteiger partial charge in [0.15, 0.2) is 0 Å². The standard InChI is InChI=1S/C14H22N4O3/c1-3-15-12-8-11(18(19)20)9-13(17-12)16-10-14(4-5-14)6-7-21-2/h8-9H,3-7,10H2,1-2H3,(H2,15,16,17). The van der Waals surface area contributed by atoms with Crippen molar-refractivity contribution in [2.45, 2.75) is 26.2 Å². The van der Waals surface area contributed by atoms with Gasteiger partial charge in [-0.3, -0.25) is 10.1 Å². The van der Waals surface area contributed by atoms with Gasteiger partial charge >= 0.3 is 0 Å². The number of pyridine rings is 1. The number of ether oxygens (including phenoxy) is 1. The summed E-state index contributed by atoms with van der Waals surface area (Å²) < 4.78 is 5.13. The summed E-state index contributed by atoms with van der Waals surface area (Å²) in [5.41, 5.74) is 0.311. The number of hydrogen-bond acceptors (Lipinski definition) is 6. The van der Waals surface area contributed by atoms with Crippen molar-refractivity contribution >= 4 is 17.3 Å². The van der Waals surface area contributed by atoms with Gasteiger partial charge in [-0.15, -0.1) is 0 Å². The smallest absolute Gasteiger partial charge is 0.276 e. The third-order valence-electron chi connectivity index (χ3n) is 3.82. The summed E-state index contributed by atoms with van der Waals surface area (Å²) >= 11 is 0. The van der Waals surface area contributed by atoms with Crippen LogP contribution in [0.2, 0.25) is 0 Å². The molecular formula is C14H22N4O3. The molecule has 7 heteroatoms. The van der Waals surface area contributed by atoms with E-state index in [2.05, 4.69) is 15.6 Å². The summed E-state index contributed by atoms with van der Waals surface area (Å²) in [6.07, 6.45) is 3.34. The van der Waals surface area contributed by atoms with Crippen molar-refractivity contribution in [3.05, 3.63) is 22.2 Å². The fraction of sp³-hybridized carbons (Fsp3) is 0.643.